The van der Waals surface area contributed by atoms with E-state index >= 15 is 0 Å². The van der Waals surface area contributed by atoms with Gasteiger partial charge in [0.05, 0.1) is 12.6 Å². The first-order valence-corrected chi connectivity index (χ1v) is 5.87. The number of rotatable bonds is 5. The van der Waals surface area contributed by atoms with Gasteiger partial charge in [0.1, 0.15) is 0 Å². The summed E-state index contributed by atoms with van der Waals surface area (Å²) in [5.74, 6) is 0.787. The highest BCUT2D eigenvalue weighted by Gasteiger charge is 2.33. The van der Waals surface area contributed by atoms with E-state index < -0.39 is 0 Å². The molecule has 0 spiro atoms. The minimum atomic E-state index is 0. The molecule has 2 aliphatic rings. The molecule has 1 amide bonds. The topological polar surface area (TPSA) is 50.4 Å². The Hall–Kier alpha value is -0.320. The minimum absolute atomic E-state index is 0. The van der Waals surface area contributed by atoms with Crippen LogP contribution in [-0.2, 0) is 9.53 Å². The van der Waals surface area contributed by atoms with Crippen LogP contribution in [0.15, 0.2) is 0 Å². The zero-order valence-electron chi connectivity index (χ0n) is 9.70. The molecule has 0 aromatic carbocycles. The SMILES string of the molecule is CC1CC1NC(=O)CNCC1CCCO1.Cl. The summed E-state index contributed by atoms with van der Waals surface area (Å²) >= 11 is 0. The highest BCUT2D eigenvalue weighted by Crippen LogP contribution is 2.28. The lowest BCUT2D eigenvalue weighted by Crippen LogP contribution is -2.38. The molecule has 5 heteroatoms. The van der Waals surface area contributed by atoms with E-state index in [1.165, 1.54) is 0 Å². The van der Waals surface area contributed by atoms with Crippen molar-refractivity contribution in [2.24, 2.45) is 5.92 Å². The Morgan fingerprint density at radius 2 is 2.25 bits per heavy atom. The van der Waals surface area contributed by atoms with E-state index in [1.54, 1.807) is 0 Å². The number of nitrogens with one attached hydrogen (secondary N) is 2. The molecule has 1 aliphatic heterocycles. The Labute approximate surface area is 103 Å². The number of ether oxygens (including phenoxy) is 1. The van der Waals surface area contributed by atoms with Gasteiger partial charge >= 0.3 is 0 Å². The molecule has 1 saturated carbocycles. The Morgan fingerprint density at radius 1 is 1.50 bits per heavy atom. The largest absolute Gasteiger partial charge is 0.377 e. The van der Waals surface area contributed by atoms with Gasteiger partial charge in [0, 0.05) is 19.2 Å². The number of hydrogen-bond donors (Lipinski definition) is 2. The molecule has 2 rings (SSSR count). The number of carbonyl (C=O) groups excluding carboxylic acids is 1. The average Bonchev–Trinajstić information content (AvgIpc) is 2.68. The summed E-state index contributed by atoms with van der Waals surface area (Å²) in [4.78, 5) is 11.4. The van der Waals surface area contributed by atoms with Gasteiger partial charge in [-0.3, -0.25) is 4.79 Å². The number of carbonyl (C=O) groups is 1. The van der Waals surface area contributed by atoms with E-state index in [2.05, 4.69) is 17.6 Å². The highest BCUT2D eigenvalue weighted by atomic mass is 35.5. The molecule has 0 aromatic heterocycles. The molecule has 4 nitrogen and oxygen atoms in total. The van der Waals surface area contributed by atoms with Crippen molar-refractivity contribution >= 4 is 18.3 Å². The van der Waals surface area contributed by atoms with E-state index in [0.29, 0.717) is 24.6 Å². The maximum Gasteiger partial charge on any atom is 0.234 e. The lowest BCUT2D eigenvalue weighted by Gasteiger charge is -2.10. The standard InChI is InChI=1S/C11H20N2O2.ClH/c1-8-5-10(8)13-11(14)7-12-6-9-3-2-4-15-9;/h8-10,12H,2-7H2,1H3,(H,13,14);1H. The van der Waals surface area contributed by atoms with Crippen molar-refractivity contribution in [2.45, 2.75) is 38.3 Å². The van der Waals surface area contributed by atoms with Crippen molar-refractivity contribution < 1.29 is 9.53 Å². The van der Waals surface area contributed by atoms with Crippen LogP contribution >= 0.6 is 12.4 Å². The van der Waals surface area contributed by atoms with E-state index in [-0.39, 0.29) is 18.3 Å². The quantitative estimate of drug-likeness (QED) is 0.753. The average molecular weight is 249 g/mol. The molecular formula is C11H21ClN2O2. The summed E-state index contributed by atoms with van der Waals surface area (Å²) in [5.41, 5.74) is 0. The molecule has 1 heterocycles. The maximum atomic E-state index is 11.4. The second kappa shape index (κ2) is 6.42. The van der Waals surface area contributed by atoms with Gasteiger partial charge in [-0.1, -0.05) is 6.92 Å². The first-order chi connectivity index (χ1) is 7.25. The predicted molar refractivity (Wildman–Crippen MR) is 64.8 cm³/mol. The highest BCUT2D eigenvalue weighted by molar-refractivity contribution is 5.85. The van der Waals surface area contributed by atoms with E-state index in [1.807, 2.05) is 0 Å². The van der Waals surface area contributed by atoms with Crippen LogP contribution < -0.4 is 10.6 Å². The van der Waals surface area contributed by atoms with Gasteiger partial charge in [-0.15, -0.1) is 12.4 Å². The summed E-state index contributed by atoms with van der Waals surface area (Å²) in [7, 11) is 0. The van der Waals surface area contributed by atoms with Crippen LogP contribution in [0.2, 0.25) is 0 Å². The Bertz CT molecular complexity index is 232. The lowest BCUT2D eigenvalue weighted by molar-refractivity contribution is -0.120. The molecule has 1 aliphatic carbocycles. The fraction of sp³-hybridized carbons (Fsp3) is 0.909. The zero-order valence-corrected chi connectivity index (χ0v) is 10.5. The molecule has 0 aromatic rings. The van der Waals surface area contributed by atoms with Crippen LogP contribution in [-0.4, -0.2) is 37.7 Å². The van der Waals surface area contributed by atoms with Gasteiger partial charge in [0.15, 0.2) is 0 Å². The first kappa shape index (κ1) is 13.7. The van der Waals surface area contributed by atoms with Gasteiger partial charge < -0.3 is 15.4 Å². The van der Waals surface area contributed by atoms with Crippen molar-refractivity contribution in [3.8, 4) is 0 Å². The van der Waals surface area contributed by atoms with Crippen LogP contribution in [0.25, 0.3) is 0 Å². The van der Waals surface area contributed by atoms with Crippen molar-refractivity contribution in [1.82, 2.24) is 10.6 Å². The van der Waals surface area contributed by atoms with Crippen molar-refractivity contribution in [3.05, 3.63) is 0 Å². The number of hydrogen-bond acceptors (Lipinski definition) is 3. The molecule has 16 heavy (non-hydrogen) atoms. The van der Waals surface area contributed by atoms with E-state index in [0.717, 1.165) is 32.4 Å². The fourth-order valence-electron chi connectivity index (χ4n) is 1.93. The third-order valence-electron chi connectivity index (χ3n) is 3.14. The zero-order chi connectivity index (χ0) is 10.7. The second-order valence-corrected chi connectivity index (χ2v) is 4.65. The maximum absolute atomic E-state index is 11.4. The molecule has 3 atom stereocenters. The van der Waals surface area contributed by atoms with E-state index in [9.17, 15) is 4.79 Å². The molecule has 2 fully saturated rings. The van der Waals surface area contributed by atoms with Crippen LogP contribution in [0.3, 0.4) is 0 Å². The van der Waals surface area contributed by atoms with Gasteiger partial charge in [-0.25, -0.2) is 0 Å². The Morgan fingerprint density at radius 3 is 2.81 bits per heavy atom. The summed E-state index contributed by atoms with van der Waals surface area (Å²) in [6, 6.07) is 0.432. The number of halogens is 1. The molecule has 1 saturated heterocycles. The predicted octanol–water partition coefficient (Wildman–Crippen LogP) is 0.701. The third-order valence-corrected chi connectivity index (χ3v) is 3.14. The summed E-state index contributed by atoms with van der Waals surface area (Å²) < 4.78 is 5.45. The molecule has 0 bridgehead atoms. The van der Waals surface area contributed by atoms with Crippen LogP contribution in [0.5, 0.6) is 0 Å². The van der Waals surface area contributed by atoms with Crippen molar-refractivity contribution in [2.75, 3.05) is 19.7 Å². The van der Waals surface area contributed by atoms with Gasteiger partial charge in [0.25, 0.3) is 0 Å². The van der Waals surface area contributed by atoms with Crippen LogP contribution in [0, 0.1) is 5.92 Å². The number of amides is 1. The van der Waals surface area contributed by atoms with Crippen LogP contribution in [0.1, 0.15) is 26.2 Å². The minimum Gasteiger partial charge on any atom is -0.377 e. The molecule has 3 unspecified atom stereocenters. The molecule has 94 valence electrons. The Kier molecular flexibility index (Phi) is 5.52. The lowest BCUT2D eigenvalue weighted by atomic mass is 10.2. The summed E-state index contributed by atoms with van der Waals surface area (Å²) in [6.45, 7) is 4.25. The smallest absolute Gasteiger partial charge is 0.234 e. The molecule has 2 N–H and O–H groups in total. The van der Waals surface area contributed by atoms with Crippen molar-refractivity contribution in [1.29, 1.82) is 0 Å². The Balaban J connectivity index is 0.00000128. The first-order valence-electron chi connectivity index (χ1n) is 5.87. The normalized spacial score (nSPS) is 31.9. The molecular weight excluding hydrogens is 228 g/mol. The monoisotopic (exact) mass is 248 g/mol. The van der Waals surface area contributed by atoms with Crippen LogP contribution in [0.4, 0.5) is 0 Å². The van der Waals surface area contributed by atoms with Gasteiger partial charge in [-0.2, -0.15) is 0 Å². The van der Waals surface area contributed by atoms with Gasteiger partial charge in [0.2, 0.25) is 5.91 Å². The second-order valence-electron chi connectivity index (χ2n) is 4.65. The third kappa shape index (κ3) is 4.28. The molecule has 0 radical (unpaired) electrons. The summed E-state index contributed by atoms with van der Waals surface area (Å²) in [5, 5.41) is 6.12. The fourth-order valence-corrected chi connectivity index (χ4v) is 1.93. The van der Waals surface area contributed by atoms with Gasteiger partial charge in [-0.05, 0) is 25.2 Å². The van der Waals surface area contributed by atoms with E-state index in [4.69, 9.17) is 4.74 Å². The summed E-state index contributed by atoms with van der Waals surface area (Å²) in [6.07, 6.45) is 3.72. The van der Waals surface area contributed by atoms with Crippen molar-refractivity contribution in [3.63, 3.8) is 0 Å².